The van der Waals surface area contributed by atoms with E-state index < -0.39 is 34.6 Å². The molecule has 0 saturated carbocycles. The summed E-state index contributed by atoms with van der Waals surface area (Å²) in [7, 11) is 0. The first-order chi connectivity index (χ1) is 8.16. The van der Waals surface area contributed by atoms with Crippen molar-refractivity contribution in [3.63, 3.8) is 0 Å². The molecule has 0 bridgehead atoms. The van der Waals surface area contributed by atoms with E-state index in [2.05, 4.69) is 0 Å². The van der Waals surface area contributed by atoms with Gasteiger partial charge < -0.3 is 15.3 Å². The third-order valence-electron chi connectivity index (χ3n) is 2.78. The van der Waals surface area contributed by atoms with Crippen LogP contribution >= 0.6 is 0 Å². The Morgan fingerprint density at radius 1 is 1.00 bits per heavy atom. The molecular formula is C12H13NO5. The first-order valence-electron chi connectivity index (χ1n) is 5.33. The van der Waals surface area contributed by atoms with Gasteiger partial charge in [-0.2, -0.15) is 0 Å². The van der Waals surface area contributed by atoms with Crippen LogP contribution in [0.25, 0.3) is 0 Å². The predicted octanol–water partition coefficient (Wildman–Crippen LogP) is 1.20. The summed E-state index contributed by atoms with van der Waals surface area (Å²) in [5, 5.41) is 28.4. The molecule has 1 aromatic carbocycles. The molecule has 0 saturated heterocycles. The molecule has 0 spiro atoms. The molecule has 0 unspecified atom stereocenters. The average molecular weight is 251 g/mol. The maximum atomic E-state index is 12.1. The average Bonchev–Trinajstić information content (AvgIpc) is 2.47. The summed E-state index contributed by atoms with van der Waals surface area (Å²) in [5.41, 5.74) is -1.14. The number of rotatable bonds is 0. The van der Waals surface area contributed by atoms with Gasteiger partial charge >= 0.3 is 0 Å². The van der Waals surface area contributed by atoms with E-state index in [1.165, 1.54) is 0 Å². The van der Waals surface area contributed by atoms with E-state index in [1.807, 2.05) is 0 Å². The highest BCUT2D eigenvalue weighted by molar-refractivity contribution is 6.23. The number of imide groups is 1. The highest BCUT2D eigenvalue weighted by Crippen LogP contribution is 2.44. The van der Waals surface area contributed by atoms with Gasteiger partial charge in [0.1, 0.15) is 0 Å². The highest BCUT2D eigenvalue weighted by atomic mass is 16.3. The lowest BCUT2D eigenvalue weighted by Crippen LogP contribution is -2.45. The summed E-state index contributed by atoms with van der Waals surface area (Å²) in [5.74, 6) is -3.49. The van der Waals surface area contributed by atoms with Crippen LogP contribution in [0.4, 0.5) is 0 Å². The lowest BCUT2D eigenvalue weighted by molar-refractivity contribution is 0.0507. The first-order valence-corrected chi connectivity index (χ1v) is 5.33. The first kappa shape index (κ1) is 12.2. The van der Waals surface area contributed by atoms with Crippen molar-refractivity contribution in [2.75, 3.05) is 0 Å². The molecule has 1 aliphatic rings. The number of nitrogens with zero attached hydrogens (tertiary/aromatic N) is 1. The van der Waals surface area contributed by atoms with E-state index in [1.54, 1.807) is 20.8 Å². The lowest BCUT2D eigenvalue weighted by Gasteiger charge is -2.29. The minimum absolute atomic E-state index is 0.109. The van der Waals surface area contributed by atoms with Gasteiger partial charge in [0, 0.05) is 5.54 Å². The maximum Gasteiger partial charge on any atom is 0.265 e. The highest BCUT2D eigenvalue weighted by Gasteiger charge is 2.44. The number of benzene rings is 1. The minimum atomic E-state index is -0.800. The number of aromatic hydroxyl groups is 3. The predicted molar refractivity (Wildman–Crippen MR) is 61.7 cm³/mol. The molecule has 2 amide bonds. The van der Waals surface area contributed by atoms with Crippen molar-refractivity contribution < 1.29 is 24.9 Å². The molecule has 1 aromatic rings. The fourth-order valence-electron chi connectivity index (χ4n) is 1.96. The van der Waals surface area contributed by atoms with Crippen LogP contribution in [0.1, 0.15) is 41.5 Å². The Kier molecular flexibility index (Phi) is 2.29. The summed E-state index contributed by atoms with van der Waals surface area (Å²) in [6, 6.07) is 0.982. The third kappa shape index (κ3) is 1.42. The molecule has 18 heavy (non-hydrogen) atoms. The van der Waals surface area contributed by atoms with Gasteiger partial charge in [-0.25, -0.2) is 0 Å². The number of amides is 2. The van der Waals surface area contributed by atoms with Crippen LogP contribution in [0.3, 0.4) is 0 Å². The standard InChI is InChI=1S/C12H13NO5/c1-12(2,3)13-10(17)5-4-6(14)8(15)9(16)7(5)11(13)18/h4,14-16H,1-3H3. The number of phenols is 3. The Bertz CT molecular complexity index is 571. The second-order valence-corrected chi connectivity index (χ2v) is 5.13. The SMILES string of the molecule is CC(C)(C)N1C(=O)c2cc(O)c(O)c(O)c2C1=O. The fourth-order valence-corrected chi connectivity index (χ4v) is 1.96. The van der Waals surface area contributed by atoms with Crippen LogP contribution in [-0.2, 0) is 0 Å². The van der Waals surface area contributed by atoms with Crippen LogP contribution in [0.2, 0.25) is 0 Å². The number of carbonyl (C=O) groups is 2. The van der Waals surface area contributed by atoms with Crippen molar-refractivity contribution in [3.05, 3.63) is 17.2 Å². The zero-order valence-electron chi connectivity index (χ0n) is 10.2. The van der Waals surface area contributed by atoms with E-state index in [0.29, 0.717) is 0 Å². The lowest BCUT2D eigenvalue weighted by atomic mass is 10.1. The van der Waals surface area contributed by atoms with E-state index >= 15 is 0 Å². The Morgan fingerprint density at radius 2 is 1.56 bits per heavy atom. The molecule has 0 radical (unpaired) electrons. The van der Waals surface area contributed by atoms with Gasteiger partial charge in [-0.05, 0) is 26.8 Å². The van der Waals surface area contributed by atoms with Crippen molar-refractivity contribution in [1.29, 1.82) is 0 Å². The van der Waals surface area contributed by atoms with Crippen LogP contribution in [0.15, 0.2) is 6.07 Å². The van der Waals surface area contributed by atoms with E-state index in [0.717, 1.165) is 11.0 Å². The molecule has 0 aromatic heterocycles. The van der Waals surface area contributed by atoms with Crippen molar-refractivity contribution in [2.24, 2.45) is 0 Å². The molecule has 0 atom stereocenters. The third-order valence-corrected chi connectivity index (χ3v) is 2.78. The van der Waals surface area contributed by atoms with Gasteiger partial charge in [-0.15, -0.1) is 0 Å². The van der Waals surface area contributed by atoms with Gasteiger partial charge in [-0.3, -0.25) is 14.5 Å². The van der Waals surface area contributed by atoms with E-state index in [4.69, 9.17) is 0 Å². The van der Waals surface area contributed by atoms with Crippen molar-refractivity contribution in [3.8, 4) is 17.2 Å². The number of hydrogen-bond acceptors (Lipinski definition) is 5. The Hall–Kier alpha value is -2.24. The summed E-state index contributed by atoms with van der Waals surface area (Å²) in [6.45, 7) is 5.02. The van der Waals surface area contributed by atoms with E-state index in [9.17, 15) is 24.9 Å². The van der Waals surface area contributed by atoms with Crippen LogP contribution in [0, 0.1) is 0 Å². The molecule has 0 fully saturated rings. The molecule has 96 valence electrons. The molecule has 6 nitrogen and oxygen atoms in total. The zero-order valence-corrected chi connectivity index (χ0v) is 10.2. The topological polar surface area (TPSA) is 98.1 Å². The smallest absolute Gasteiger partial charge is 0.265 e. The van der Waals surface area contributed by atoms with Gasteiger partial charge in [0.05, 0.1) is 11.1 Å². The molecule has 3 N–H and O–H groups in total. The van der Waals surface area contributed by atoms with Crippen LogP contribution < -0.4 is 0 Å². The summed E-state index contributed by atoms with van der Waals surface area (Å²) < 4.78 is 0. The van der Waals surface area contributed by atoms with Gasteiger partial charge in [0.2, 0.25) is 5.75 Å². The quantitative estimate of drug-likeness (QED) is 0.475. The Labute approximate surface area is 103 Å². The molecule has 6 heteroatoms. The summed E-state index contributed by atoms with van der Waals surface area (Å²) in [4.78, 5) is 25.1. The largest absolute Gasteiger partial charge is 0.504 e. The molecular weight excluding hydrogens is 238 g/mol. The summed E-state index contributed by atoms with van der Waals surface area (Å²) in [6.07, 6.45) is 0. The Morgan fingerprint density at radius 3 is 2.06 bits per heavy atom. The van der Waals surface area contributed by atoms with Gasteiger partial charge in [0.15, 0.2) is 11.5 Å². The number of carbonyl (C=O) groups excluding carboxylic acids is 2. The van der Waals surface area contributed by atoms with Crippen molar-refractivity contribution in [1.82, 2.24) is 4.90 Å². The fraction of sp³-hybridized carbons (Fsp3) is 0.333. The van der Waals surface area contributed by atoms with Crippen LogP contribution in [-0.4, -0.2) is 37.6 Å². The second kappa shape index (κ2) is 3.38. The normalized spacial score (nSPS) is 15.2. The van der Waals surface area contributed by atoms with Crippen molar-refractivity contribution >= 4 is 11.8 Å². The number of phenolic OH excluding ortho intramolecular Hbond substituents is 3. The minimum Gasteiger partial charge on any atom is -0.504 e. The maximum absolute atomic E-state index is 12.1. The number of fused-ring (bicyclic) bond motifs is 1. The molecule has 2 rings (SSSR count). The summed E-state index contributed by atoms with van der Waals surface area (Å²) >= 11 is 0. The molecule has 0 aliphatic carbocycles. The van der Waals surface area contributed by atoms with Gasteiger partial charge in [0.25, 0.3) is 11.8 Å². The van der Waals surface area contributed by atoms with E-state index in [-0.39, 0.29) is 11.1 Å². The molecule has 1 heterocycles. The van der Waals surface area contributed by atoms with Crippen molar-refractivity contribution in [2.45, 2.75) is 26.3 Å². The molecule has 1 aliphatic heterocycles. The monoisotopic (exact) mass is 251 g/mol. The second-order valence-electron chi connectivity index (χ2n) is 5.13. The van der Waals surface area contributed by atoms with Gasteiger partial charge in [-0.1, -0.05) is 0 Å². The van der Waals surface area contributed by atoms with Crippen LogP contribution in [0.5, 0.6) is 17.2 Å². The Balaban J connectivity index is 2.71. The number of hydrogen-bond donors (Lipinski definition) is 3. The zero-order chi connectivity index (χ0) is 13.8.